The lowest BCUT2D eigenvalue weighted by molar-refractivity contribution is 0.0755. The van der Waals surface area contributed by atoms with Gasteiger partial charge in [-0.3, -0.25) is 4.79 Å². The number of benzene rings is 1. The number of hydrogen-bond acceptors (Lipinski definition) is 8. The molecular formula is C28H27FN6O2S. The third-order valence-corrected chi connectivity index (χ3v) is 8.23. The molecule has 4 heterocycles. The van der Waals surface area contributed by atoms with Crippen LogP contribution in [0.2, 0.25) is 0 Å². The number of rotatable bonds is 6. The first kappa shape index (κ1) is 24.6. The number of pyridine rings is 1. The van der Waals surface area contributed by atoms with Crippen molar-refractivity contribution in [1.82, 2.24) is 24.8 Å². The average molecular weight is 531 g/mol. The summed E-state index contributed by atoms with van der Waals surface area (Å²) >= 11 is 1.33. The minimum absolute atomic E-state index is 0.0143. The van der Waals surface area contributed by atoms with Crippen LogP contribution in [0.25, 0.3) is 22.1 Å². The van der Waals surface area contributed by atoms with Crippen LogP contribution in [0.5, 0.6) is 5.88 Å². The van der Waals surface area contributed by atoms with Gasteiger partial charge in [0, 0.05) is 54.5 Å². The van der Waals surface area contributed by atoms with Gasteiger partial charge in [0.15, 0.2) is 10.8 Å². The number of carbonyl (C=O) groups is 1. The Morgan fingerprint density at radius 1 is 1.11 bits per heavy atom. The van der Waals surface area contributed by atoms with E-state index in [1.807, 2.05) is 37.8 Å². The number of halogens is 1. The third kappa shape index (κ3) is 4.65. The van der Waals surface area contributed by atoms with E-state index in [1.165, 1.54) is 23.5 Å². The van der Waals surface area contributed by atoms with Crippen molar-refractivity contribution in [1.29, 1.82) is 0 Å². The molecule has 6 rings (SSSR count). The fourth-order valence-corrected chi connectivity index (χ4v) is 5.88. The van der Waals surface area contributed by atoms with Crippen molar-refractivity contribution in [2.75, 3.05) is 13.1 Å². The lowest BCUT2D eigenvalue weighted by Gasteiger charge is -2.22. The summed E-state index contributed by atoms with van der Waals surface area (Å²) in [5.41, 5.74) is 8.82. The lowest BCUT2D eigenvalue weighted by atomic mass is 9.95. The number of piperidine rings is 1. The zero-order chi connectivity index (χ0) is 26.6. The van der Waals surface area contributed by atoms with Crippen LogP contribution in [0.15, 0.2) is 54.9 Å². The molecule has 1 amide bonds. The number of amides is 1. The minimum atomic E-state index is -0.602. The van der Waals surface area contributed by atoms with E-state index < -0.39 is 5.54 Å². The Balaban J connectivity index is 1.16. The van der Waals surface area contributed by atoms with E-state index in [0.29, 0.717) is 46.1 Å². The van der Waals surface area contributed by atoms with Crippen molar-refractivity contribution in [2.24, 2.45) is 17.6 Å². The minimum Gasteiger partial charge on any atom is -0.474 e. The van der Waals surface area contributed by atoms with Crippen LogP contribution in [0.3, 0.4) is 0 Å². The van der Waals surface area contributed by atoms with Crippen molar-refractivity contribution in [3.05, 3.63) is 76.8 Å². The topological polar surface area (TPSA) is 107 Å². The monoisotopic (exact) mass is 530 g/mol. The summed E-state index contributed by atoms with van der Waals surface area (Å²) in [4.78, 5) is 33.5. The van der Waals surface area contributed by atoms with Gasteiger partial charge in [-0.05, 0) is 62.7 Å². The Hall–Kier alpha value is -3.76. The Morgan fingerprint density at radius 2 is 1.79 bits per heavy atom. The highest BCUT2D eigenvalue weighted by molar-refractivity contribution is 7.17. The van der Waals surface area contributed by atoms with Crippen LogP contribution in [-0.2, 0) is 5.54 Å². The first-order valence-corrected chi connectivity index (χ1v) is 13.3. The quantitative estimate of drug-likeness (QED) is 0.392. The molecule has 3 atom stereocenters. The van der Waals surface area contributed by atoms with Gasteiger partial charge in [0.05, 0.1) is 11.4 Å². The fourth-order valence-electron chi connectivity index (χ4n) is 4.90. The summed E-state index contributed by atoms with van der Waals surface area (Å²) in [5, 5.41) is 0.641. The smallest absolute Gasteiger partial charge is 0.265 e. The summed E-state index contributed by atoms with van der Waals surface area (Å²) in [6.07, 6.45) is 3.31. The molecule has 1 saturated carbocycles. The highest BCUT2D eigenvalue weighted by Gasteiger charge is 2.59. The van der Waals surface area contributed by atoms with Gasteiger partial charge in [-0.2, -0.15) is 0 Å². The van der Waals surface area contributed by atoms with Crippen LogP contribution in [0.4, 0.5) is 4.39 Å². The second-order valence-corrected chi connectivity index (χ2v) is 11.4. The largest absolute Gasteiger partial charge is 0.474 e. The number of aromatic nitrogens is 4. The maximum atomic E-state index is 13.5. The first-order valence-electron chi connectivity index (χ1n) is 12.5. The van der Waals surface area contributed by atoms with Gasteiger partial charge < -0.3 is 15.4 Å². The van der Waals surface area contributed by atoms with E-state index in [0.717, 1.165) is 11.1 Å². The molecule has 4 aromatic rings. The highest BCUT2D eigenvalue weighted by atomic mass is 32.1. The van der Waals surface area contributed by atoms with E-state index in [-0.39, 0.29) is 29.7 Å². The van der Waals surface area contributed by atoms with E-state index >= 15 is 0 Å². The molecule has 1 aliphatic heterocycles. The van der Waals surface area contributed by atoms with Gasteiger partial charge in [-0.15, -0.1) is 11.3 Å². The molecule has 1 aliphatic carbocycles. The molecule has 0 bridgehead atoms. The van der Waals surface area contributed by atoms with Gasteiger partial charge in [0.25, 0.3) is 5.91 Å². The molecule has 1 aromatic carbocycles. The SMILES string of the molecule is Cc1nc(-c2ncccn2)sc1C(=O)N1CC2C(Oc3cc(C(C)(C)N)cc(-c4ccc(F)cc4)n3)[C@@H]2C1. The Kier molecular flexibility index (Phi) is 5.96. The van der Waals surface area contributed by atoms with Gasteiger partial charge >= 0.3 is 0 Å². The summed E-state index contributed by atoms with van der Waals surface area (Å²) in [6.45, 7) is 6.93. The zero-order valence-electron chi connectivity index (χ0n) is 21.3. The van der Waals surface area contributed by atoms with Crippen LogP contribution < -0.4 is 10.5 Å². The maximum Gasteiger partial charge on any atom is 0.265 e. The number of carbonyl (C=O) groups excluding carboxylic acids is 1. The fraction of sp³-hybridized carbons (Fsp3) is 0.321. The number of hydrogen-bond donors (Lipinski definition) is 1. The molecule has 194 valence electrons. The third-order valence-electron chi connectivity index (χ3n) is 7.09. The van der Waals surface area contributed by atoms with Crippen LogP contribution in [0, 0.1) is 24.6 Å². The molecule has 2 fully saturated rings. The first-order chi connectivity index (χ1) is 18.2. The van der Waals surface area contributed by atoms with E-state index in [2.05, 4.69) is 15.0 Å². The van der Waals surface area contributed by atoms with E-state index in [4.69, 9.17) is 15.5 Å². The van der Waals surface area contributed by atoms with Crippen molar-refractivity contribution in [3.63, 3.8) is 0 Å². The summed E-state index contributed by atoms with van der Waals surface area (Å²) < 4.78 is 19.8. The molecule has 0 spiro atoms. The summed E-state index contributed by atoms with van der Waals surface area (Å²) in [5.74, 6) is 1.18. The summed E-state index contributed by atoms with van der Waals surface area (Å²) in [6, 6.07) is 11.8. The molecule has 2 aliphatic rings. The maximum absolute atomic E-state index is 13.5. The number of thiazole rings is 1. The highest BCUT2D eigenvalue weighted by Crippen LogP contribution is 2.48. The summed E-state index contributed by atoms with van der Waals surface area (Å²) in [7, 11) is 0. The van der Waals surface area contributed by atoms with E-state index in [9.17, 15) is 9.18 Å². The molecule has 2 unspecified atom stereocenters. The molecule has 1 saturated heterocycles. The van der Waals surface area contributed by atoms with Gasteiger partial charge in [-0.25, -0.2) is 24.3 Å². The van der Waals surface area contributed by atoms with Crippen LogP contribution in [-0.4, -0.2) is 49.9 Å². The molecule has 0 radical (unpaired) electrons. The predicted molar refractivity (Wildman–Crippen MR) is 142 cm³/mol. The van der Waals surface area contributed by atoms with Crippen LogP contribution in [0.1, 0.15) is 34.8 Å². The molecule has 2 N–H and O–H groups in total. The number of nitrogens with two attached hydrogens (primary N) is 1. The molecular weight excluding hydrogens is 503 g/mol. The van der Waals surface area contributed by atoms with Crippen molar-refractivity contribution in [3.8, 4) is 28.0 Å². The van der Waals surface area contributed by atoms with Gasteiger partial charge in [-0.1, -0.05) is 0 Å². The standard InChI is InChI=1S/C28H27FN6O2S/c1-15-24(38-26(33-15)25-31-9-4-10-32-25)27(36)35-13-19-20(14-35)23(19)37-22-12-17(28(2,3)30)11-21(34-22)16-5-7-18(29)8-6-16/h4-12,19-20,23H,13-14,30H2,1-3H3/t19-,20?,23?/m1/s1. The Morgan fingerprint density at radius 3 is 2.45 bits per heavy atom. The second-order valence-electron chi connectivity index (χ2n) is 10.4. The zero-order valence-corrected chi connectivity index (χ0v) is 22.1. The molecule has 38 heavy (non-hydrogen) atoms. The van der Waals surface area contributed by atoms with Crippen molar-refractivity contribution < 1.29 is 13.9 Å². The lowest BCUT2D eigenvalue weighted by Crippen LogP contribution is -2.33. The molecule has 3 aromatic heterocycles. The molecule has 10 heteroatoms. The predicted octanol–water partition coefficient (Wildman–Crippen LogP) is 4.45. The van der Waals surface area contributed by atoms with Gasteiger partial charge in [0.2, 0.25) is 5.88 Å². The second kappa shape index (κ2) is 9.21. The Labute approximate surface area is 223 Å². The Bertz CT molecular complexity index is 1490. The normalized spacial score (nSPS) is 20.3. The van der Waals surface area contributed by atoms with Crippen molar-refractivity contribution >= 4 is 17.2 Å². The van der Waals surface area contributed by atoms with Gasteiger partial charge in [0.1, 0.15) is 16.8 Å². The number of nitrogens with zero attached hydrogens (tertiary/aromatic N) is 5. The molecule has 8 nitrogen and oxygen atoms in total. The number of ether oxygens (including phenoxy) is 1. The van der Waals surface area contributed by atoms with Crippen molar-refractivity contribution in [2.45, 2.75) is 32.4 Å². The van der Waals surface area contributed by atoms with E-state index in [1.54, 1.807) is 30.6 Å². The number of aryl methyl sites for hydroxylation is 1. The number of fused-ring (bicyclic) bond motifs is 1. The van der Waals surface area contributed by atoms with Crippen LogP contribution >= 0.6 is 11.3 Å². The average Bonchev–Trinajstić information content (AvgIpc) is 3.22. The number of likely N-dealkylation sites (tertiary alicyclic amines) is 1.